The molecule has 272 valence electrons. The number of carbonyl (C=O) groups excluding carboxylic acids is 2. The molecule has 0 radical (unpaired) electrons. The number of hydrogen-bond donors (Lipinski definition) is 3. The Balaban J connectivity index is 1.02. The minimum absolute atomic E-state index is 0.104. The quantitative estimate of drug-likeness (QED) is 0.133. The van der Waals surface area contributed by atoms with Gasteiger partial charge in [0.15, 0.2) is 5.01 Å². The molecule has 2 aliphatic rings. The molecule has 7 rings (SSSR count). The van der Waals surface area contributed by atoms with Crippen LogP contribution >= 0.6 is 22.9 Å². The number of thiazole rings is 1. The first-order valence-corrected chi connectivity index (χ1v) is 21.3. The lowest BCUT2D eigenvalue weighted by molar-refractivity contribution is 0.0530. The minimum Gasteiger partial charge on any atom is -0.406 e. The van der Waals surface area contributed by atoms with Crippen molar-refractivity contribution in [1.82, 2.24) is 25.5 Å². The lowest BCUT2D eigenvalue weighted by Gasteiger charge is -2.47. The molecule has 11 heteroatoms. The maximum atomic E-state index is 13.6. The molecule has 0 bridgehead atoms. The van der Waals surface area contributed by atoms with Crippen molar-refractivity contribution in [2.75, 3.05) is 13.2 Å². The van der Waals surface area contributed by atoms with Gasteiger partial charge in [0, 0.05) is 57.9 Å². The average molecular weight is 754 g/mol. The minimum atomic E-state index is -2.69. The standard InChI is InChI=1S/C41H48ClN5O3SSi/c1-40(2,3)52(29-13-8-6-9-14-29,30-15-10-7-11-16-30)50-26-41(4,5)47-22-21-34-36(25-47)51-39(46-34)38(49)45-33-18-12-17-32(33)44-37(48)35-24-27-23-28(42)19-20-31(27)43-35/h6-11,13-16,19-20,23-24,32-33,43H,12,17-18,21-22,25-26H2,1-5H3,(H,44,48)(H,45,49)/t32-,33-/m1/s1. The van der Waals surface area contributed by atoms with E-state index < -0.39 is 8.32 Å². The molecule has 2 aromatic heterocycles. The van der Waals surface area contributed by atoms with E-state index in [0.717, 1.165) is 60.2 Å². The van der Waals surface area contributed by atoms with Crippen LogP contribution in [0.5, 0.6) is 0 Å². The normalized spacial score (nSPS) is 18.3. The van der Waals surface area contributed by atoms with Gasteiger partial charge in [-0.3, -0.25) is 14.5 Å². The van der Waals surface area contributed by atoms with Gasteiger partial charge in [-0.1, -0.05) is 93.0 Å². The van der Waals surface area contributed by atoms with Crippen LogP contribution in [0.25, 0.3) is 10.9 Å². The zero-order chi connectivity index (χ0) is 36.7. The summed E-state index contributed by atoms with van der Waals surface area (Å²) >= 11 is 7.62. The predicted molar refractivity (Wildman–Crippen MR) is 214 cm³/mol. The van der Waals surface area contributed by atoms with Gasteiger partial charge in [-0.2, -0.15) is 0 Å². The van der Waals surface area contributed by atoms with Gasteiger partial charge < -0.3 is 20.0 Å². The van der Waals surface area contributed by atoms with Crippen LogP contribution in [0.15, 0.2) is 84.9 Å². The van der Waals surface area contributed by atoms with Crippen LogP contribution in [0.1, 0.15) is 84.7 Å². The summed E-state index contributed by atoms with van der Waals surface area (Å²) in [6, 6.07) is 28.5. The van der Waals surface area contributed by atoms with Crippen molar-refractivity contribution >= 4 is 64.3 Å². The van der Waals surface area contributed by atoms with Gasteiger partial charge in [-0.25, -0.2) is 4.98 Å². The largest absolute Gasteiger partial charge is 0.406 e. The van der Waals surface area contributed by atoms with Crippen molar-refractivity contribution in [1.29, 1.82) is 0 Å². The second-order valence-corrected chi connectivity index (χ2v) is 21.7. The number of H-pyrrole nitrogens is 1. The van der Waals surface area contributed by atoms with Gasteiger partial charge in [-0.05, 0) is 72.8 Å². The average Bonchev–Trinajstić information content (AvgIpc) is 3.87. The van der Waals surface area contributed by atoms with Crippen LogP contribution in [0, 0.1) is 0 Å². The molecule has 0 saturated heterocycles. The van der Waals surface area contributed by atoms with Crippen LogP contribution < -0.4 is 21.0 Å². The van der Waals surface area contributed by atoms with Gasteiger partial charge in [0.2, 0.25) is 0 Å². The van der Waals surface area contributed by atoms with E-state index in [9.17, 15) is 9.59 Å². The molecule has 52 heavy (non-hydrogen) atoms. The first-order valence-electron chi connectivity index (χ1n) is 18.2. The van der Waals surface area contributed by atoms with Crippen LogP contribution in [0.3, 0.4) is 0 Å². The molecule has 3 aromatic carbocycles. The molecule has 1 aliphatic heterocycles. The first-order chi connectivity index (χ1) is 24.8. The lowest BCUT2D eigenvalue weighted by atomic mass is 10.0. The number of halogens is 1. The Labute approximate surface area is 316 Å². The number of aromatic amines is 1. The van der Waals surface area contributed by atoms with E-state index in [4.69, 9.17) is 21.0 Å². The van der Waals surface area contributed by atoms with Crippen molar-refractivity contribution in [3.63, 3.8) is 0 Å². The summed E-state index contributed by atoms with van der Waals surface area (Å²) in [6.07, 6.45) is 3.31. The second-order valence-electron chi connectivity index (χ2n) is 15.8. The number of fused-ring (bicyclic) bond motifs is 2. The van der Waals surface area contributed by atoms with Crippen molar-refractivity contribution in [2.24, 2.45) is 0 Å². The Bertz CT molecular complexity index is 2020. The van der Waals surface area contributed by atoms with Crippen molar-refractivity contribution in [3.05, 3.63) is 111 Å². The van der Waals surface area contributed by atoms with E-state index in [1.165, 1.54) is 21.7 Å². The number of rotatable bonds is 10. The Kier molecular flexibility index (Phi) is 10.2. The van der Waals surface area contributed by atoms with Gasteiger partial charge >= 0.3 is 0 Å². The molecule has 1 saturated carbocycles. The third-order valence-corrected chi connectivity index (χ3v) is 17.1. The maximum Gasteiger partial charge on any atom is 0.280 e. The van der Waals surface area contributed by atoms with Gasteiger partial charge in [0.1, 0.15) is 5.69 Å². The summed E-state index contributed by atoms with van der Waals surface area (Å²) in [7, 11) is -2.69. The number of nitrogens with zero attached hydrogens (tertiary/aromatic N) is 2. The highest BCUT2D eigenvalue weighted by Gasteiger charge is 2.51. The maximum absolute atomic E-state index is 13.6. The van der Waals surface area contributed by atoms with Crippen molar-refractivity contribution < 1.29 is 14.0 Å². The molecular weight excluding hydrogens is 706 g/mol. The zero-order valence-electron chi connectivity index (χ0n) is 30.6. The van der Waals surface area contributed by atoms with E-state index >= 15 is 0 Å². The summed E-state index contributed by atoms with van der Waals surface area (Å²) in [5, 5.41) is 10.8. The Morgan fingerprint density at radius 1 is 0.923 bits per heavy atom. The monoisotopic (exact) mass is 753 g/mol. The van der Waals surface area contributed by atoms with E-state index in [2.05, 4.69) is 116 Å². The van der Waals surface area contributed by atoms with Crippen LogP contribution in [-0.2, 0) is 17.4 Å². The Hall–Kier alpha value is -3.80. The third kappa shape index (κ3) is 7.24. The second kappa shape index (κ2) is 14.6. The summed E-state index contributed by atoms with van der Waals surface area (Å²) in [5.41, 5.74) is 2.08. The van der Waals surface area contributed by atoms with Crippen molar-refractivity contribution in [2.45, 2.75) is 89.5 Å². The molecule has 3 N–H and O–H groups in total. The van der Waals surface area contributed by atoms with E-state index in [-0.39, 0.29) is 34.5 Å². The number of aromatic nitrogens is 2. The van der Waals surface area contributed by atoms with Crippen LogP contribution in [0.4, 0.5) is 0 Å². The Morgan fingerprint density at radius 3 is 2.19 bits per heavy atom. The van der Waals surface area contributed by atoms with Gasteiger partial charge in [0.25, 0.3) is 20.1 Å². The summed E-state index contributed by atoms with van der Waals surface area (Å²) in [5.74, 6) is -0.364. The molecule has 0 unspecified atom stereocenters. The Morgan fingerprint density at radius 2 is 1.56 bits per heavy atom. The van der Waals surface area contributed by atoms with E-state index in [1.807, 2.05) is 18.2 Å². The highest BCUT2D eigenvalue weighted by atomic mass is 35.5. The van der Waals surface area contributed by atoms with Gasteiger partial charge in [-0.15, -0.1) is 11.3 Å². The molecule has 2 atom stereocenters. The fraction of sp³-hybridized carbons (Fsp3) is 0.390. The third-order valence-electron chi connectivity index (χ3n) is 10.8. The van der Waals surface area contributed by atoms with E-state index in [0.29, 0.717) is 22.3 Å². The first kappa shape index (κ1) is 36.6. The topological polar surface area (TPSA) is 99.3 Å². The van der Waals surface area contributed by atoms with Crippen LogP contribution in [0.2, 0.25) is 10.1 Å². The number of carbonyl (C=O) groups is 2. The highest BCUT2D eigenvalue weighted by Crippen LogP contribution is 2.38. The number of benzene rings is 3. The number of amides is 2. The number of hydrogen-bond acceptors (Lipinski definition) is 6. The molecular formula is C41H48ClN5O3SSi. The van der Waals surface area contributed by atoms with E-state index in [1.54, 1.807) is 6.07 Å². The van der Waals surface area contributed by atoms with Crippen molar-refractivity contribution in [3.8, 4) is 0 Å². The SMILES string of the molecule is CC(C)(CO[Si](c1ccccc1)(c1ccccc1)C(C)(C)C)N1CCc2nc(C(=O)N[C@@H]3CCC[C@H]3NC(=O)c3cc4cc(Cl)ccc4[nH]3)sc2C1. The smallest absolute Gasteiger partial charge is 0.280 e. The highest BCUT2D eigenvalue weighted by molar-refractivity contribution is 7.13. The molecule has 5 aromatic rings. The summed E-state index contributed by atoms with van der Waals surface area (Å²) in [4.78, 5) is 38.4. The summed E-state index contributed by atoms with van der Waals surface area (Å²) in [6.45, 7) is 13.6. The number of nitrogens with one attached hydrogen (secondary N) is 3. The van der Waals surface area contributed by atoms with Gasteiger partial charge in [0.05, 0.1) is 12.3 Å². The molecule has 2 amide bonds. The zero-order valence-corrected chi connectivity index (χ0v) is 33.2. The molecule has 8 nitrogen and oxygen atoms in total. The fourth-order valence-corrected chi connectivity index (χ4v) is 13.9. The summed E-state index contributed by atoms with van der Waals surface area (Å²) < 4.78 is 7.36. The fourth-order valence-electron chi connectivity index (χ4n) is 7.95. The predicted octanol–water partition coefficient (Wildman–Crippen LogP) is 7.07. The lowest BCUT2D eigenvalue weighted by Crippen LogP contribution is -2.68. The molecule has 0 spiro atoms. The molecule has 1 fully saturated rings. The molecule has 3 heterocycles. The van der Waals surface area contributed by atoms with Crippen LogP contribution in [-0.4, -0.2) is 65.8 Å². The molecule has 1 aliphatic carbocycles.